The maximum Gasteiger partial charge on any atom is 0.270 e. The van der Waals surface area contributed by atoms with Gasteiger partial charge >= 0.3 is 0 Å². The number of rotatable bonds is 6. The molecular formula is C17H19F3N4O. The van der Waals surface area contributed by atoms with Crippen LogP contribution >= 0.6 is 0 Å². The second-order valence-corrected chi connectivity index (χ2v) is 6.00. The monoisotopic (exact) mass is 352 g/mol. The number of amides is 1. The molecule has 0 unspecified atom stereocenters. The molecule has 0 aliphatic rings. The zero-order valence-corrected chi connectivity index (χ0v) is 14.2. The van der Waals surface area contributed by atoms with Gasteiger partial charge in [-0.05, 0) is 37.5 Å². The average molecular weight is 352 g/mol. The third-order valence-electron chi connectivity index (χ3n) is 3.38. The Labute approximate surface area is 143 Å². The summed E-state index contributed by atoms with van der Waals surface area (Å²) in [5, 5.41) is 5.20. The normalized spacial score (nSPS) is 10.8. The number of hydrogen-bond donors (Lipinski definition) is 2. The fourth-order valence-electron chi connectivity index (χ4n) is 2.05. The van der Waals surface area contributed by atoms with Gasteiger partial charge in [-0.1, -0.05) is 13.8 Å². The lowest BCUT2D eigenvalue weighted by Crippen LogP contribution is -2.26. The quantitative estimate of drug-likeness (QED) is 0.778. The van der Waals surface area contributed by atoms with E-state index >= 15 is 0 Å². The van der Waals surface area contributed by atoms with Gasteiger partial charge in [-0.3, -0.25) is 4.79 Å². The molecule has 0 bridgehead atoms. The molecule has 1 aromatic heterocycles. The van der Waals surface area contributed by atoms with E-state index in [1.54, 1.807) is 6.92 Å². The van der Waals surface area contributed by atoms with Crippen LogP contribution in [0.15, 0.2) is 18.2 Å². The van der Waals surface area contributed by atoms with Crippen LogP contribution in [0.1, 0.15) is 36.5 Å². The van der Waals surface area contributed by atoms with E-state index in [9.17, 15) is 18.0 Å². The SMILES string of the molecule is Cc1cc(C(=O)NCCC(C)C)nc(Nc2ccc(F)c(F)c2F)n1. The molecule has 8 heteroatoms. The molecule has 1 heterocycles. The van der Waals surface area contributed by atoms with E-state index < -0.39 is 17.5 Å². The fraction of sp³-hybridized carbons (Fsp3) is 0.353. The number of aryl methyl sites for hydroxylation is 1. The van der Waals surface area contributed by atoms with Crippen molar-refractivity contribution in [1.82, 2.24) is 15.3 Å². The van der Waals surface area contributed by atoms with Crippen molar-refractivity contribution in [2.45, 2.75) is 27.2 Å². The molecule has 134 valence electrons. The van der Waals surface area contributed by atoms with Crippen molar-refractivity contribution >= 4 is 17.5 Å². The van der Waals surface area contributed by atoms with E-state index in [2.05, 4.69) is 20.6 Å². The van der Waals surface area contributed by atoms with E-state index in [0.29, 0.717) is 18.2 Å². The minimum Gasteiger partial charge on any atom is -0.351 e. The number of carbonyl (C=O) groups excluding carboxylic acids is 1. The molecule has 0 spiro atoms. The second-order valence-electron chi connectivity index (χ2n) is 6.00. The minimum absolute atomic E-state index is 0.0843. The molecule has 1 aromatic carbocycles. The Morgan fingerprint density at radius 1 is 1.16 bits per heavy atom. The third-order valence-corrected chi connectivity index (χ3v) is 3.38. The molecule has 25 heavy (non-hydrogen) atoms. The van der Waals surface area contributed by atoms with E-state index in [1.165, 1.54) is 6.07 Å². The Kier molecular flexibility index (Phi) is 5.95. The van der Waals surface area contributed by atoms with E-state index in [1.807, 2.05) is 13.8 Å². The Bertz CT molecular complexity index is 781. The zero-order chi connectivity index (χ0) is 18.6. The number of carbonyl (C=O) groups is 1. The molecule has 2 rings (SSSR count). The highest BCUT2D eigenvalue weighted by Crippen LogP contribution is 2.22. The van der Waals surface area contributed by atoms with Gasteiger partial charge in [0.25, 0.3) is 5.91 Å². The highest BCUT2D eigenvalue weighted by atomic mass is 19.2. The Morgan fingerprint density at radius 2 is 1.88 bits per heavy atom. The van der Waals surface area contributed by atoms with Crippen LogP contribution in [-0.4, -0.2) is 22.4 Å². The van der Waals surface area contributed by atoms with E-state index in [4.69, 9.17) is 0 Å². The first-order chi connectivity index (χ1) is 11.8. The summed E-state index contributed by atoms with van der Waals surface area (Å²) in [5.41, 5.74) is 0.243. The second kappa shape index (κ2) is 7.96. The van der Waals surface area contributed by atoms with Crippen LogP contribution in [0.25, 0.3) is 0 Å². The number of aromatic nitrogens is 2. The van der Waals surface area contributed by atoms with Crippen molar-refractivity contribution in [1.29, 1.82) is 0 Å². The molecule has 0 aliphatic heterocycles. The predicted octanol–water partition coefficient (Wildman–Crippen LogP) is 3.72. The lowest BCUT2D eigenvalue weighted by atomic mass is 10.1. The van der Waals surface area contributed by atoms with Crippen molar-refractivity contribution in [3.63, 3.8) is 0 Å². The molecule has 2 aromatic rings. The first-order valence-corrected chi connectivity index (χ1v) is 7.82. The summed E-state index contributed by atoms with van der Waals surface area (Å²) >= 11 is 0. The van der Waals surface area contributed by atoms with Crippen molar-refractivity contribution in [2.75, 3.05) is 11.9 Å². The minimum atomic E-state index is -1.59. The third kappa shape index (κ3) is 4.91. The molecule has 0 atom stereocenters. The van der Waals surface area contributed by atoms with Crippen LogP contribution in [-0.2, 0) is 0 Å². The van der Waals surface area contributed by atoms with Crippen LogP contribution in [0.4, 0.5) is 24.8 Å². The fourth-order valence-corrected chi connectivity index (χ4v) is 2.05. The lowest BCUT2D eigenvalue weighted by molar-refractivity contribution is 0.0947. The summed E-state index contributed by atoms with van der Waals surface area (Å²) in [6, 6.07) is 3.30. The number of anilines is 2. The van der Waals surface area contributed by atoms with Crippen LogP contribution in [0, 0.1) is 30.3 Å². The standard InChI is InChI=1S/C17H19F3N4O/c1-9(2)6-7-21-16(25)13-8-10(3)22-17(24-13)23-12-5-4-11(18)14(19)15(12)20/h4-5,8-9H,6-7H2,1-3H3,(H,21,25)(H,22,23,24). The van der Waals surface area contributed by atoms with Gasteiger partial charge < -0.3 is 10.6 Å². The topological polar surface area (TPSA) is 66.9 Å². The Balaban J connectivity index is 2.19. The first-order valence-electron chi connectivity index (χ1n) is 7.82. The highest BCUT2D eigenvalue weighted by molar-refractivity contribution is 5.92. The molecule has 0 fully saturated rings. The zero-order valence-electron chi connectivity index (χ0n) is 14.2. The van der Waals surface area contributed by atoms with Crippen molar-refractivity contribution in [3.05, 3.63) is 47.0 Å². The number of hydrogen-bond acceptors (Lipinski definition) is 4. The molecular weight excluding hydrogens is 333 g/mol. The molecule has 2 N–H and O–H groups in total. The number of nitrogens with one attached hydrogen (secondary N) is 2. The lowest BCUT2D eigenvalue weighted by Gasteiger charge is -2.10. The van der Waals surface area contributed by atoms with Gasteiger partial charge in [-0.25, -0.2) is 23.1 Å². The highest BCUT2D eigenvalue weighted by Gasteiger charge is 2.16. The summed E-state index contributed by atoms with van der Waals surface area (Å²) in [4.78, 5) is 20.2. The summed E-state index contributed by atoms with van der Waals surface area (Å²) in [6.45, 7) is 6.22. The van der Waals surface area contributed by atoms with Crippen molar-refractivity contribution in [3.8, 4) is 0 Å². The average Bonchev–Trinajstić information content (AvgIpc) is 2.54. The van der Waals surface area contributed by atoms with Crippen LogP contribution in [0.5, 0.6) is 0 Å². The molecule has 1 amide bonds. The number of nitrogens with zero attached hydrogens (tertiary/aromatic N) is 2. The Morgan fingerprint density at radius 3 is 2.56 bits per heavy atom. The summed E-state index contributed by atoms with van der Waals surface area (Å²) in [5.74, 6) is -4.30. The van der Waals surface area contributed by atoms with Crippen molar-refractivity contribution in [2.24, 2.45) is 5.92 Å². The largest absolute Gasteiger partial charge is 0.351 e. The van der Waals surface area contributed by atoms with Gasteiger partial charge in [-0.15, -0.1) is 0 Å². The van der Waals surface area contributed by atoms with Gasteiger partial charge in [0.2, 0.25) is 5.95 Å². The van der Waals surface area contributed by atoms with Crippen LogP contribution < -0.4 is 10.6 Å². The van der Waals surface area contributed by atoms with E-state index in [-0.39, 0.29) is 23.2 Å². The van der Waals surface area contributed by atoms with Gasteiger partial charge in [0.05, 0.1) is 5.69 Å². The molecule has 0 saturated heterocycles. The molecule has 0 saturated carbocycles. The summed E-state index contributed by atoms with van der Waals surface area (Å²) in [7, 11) is 0. The molecule has 5 nitrogen and oxygen atoms in total. The summed E-state index contributed by atoms with van der Waals surface area (Å²) in [6.07, 6.45) is 0.820. The Hall–Kier alpha value is -2.64. The van der Waals surface area contributed by atoms with Crippen molar-refractivity contribution < 1.29 is 18.0 Å². The van der Waals surface area contributed by atoms with Gasteiger partial charge in [0.1, 0.15) is 5.69 Å². The maximum atomic E-state index is 13.7. The van der Waals surface area contributed by atoms with E-state index in [0.717, 1.165) is 18.6 Å². The maximum absolute atomic E-state index is 13.7. The van der Waals surface area contributed by atoms with Crippen LogP contribution in [0.2, 0.25) is 0 Å². The van der Waals surface area contributed by atoms with Crippen LogP contribution in [0.3, 0.4) is 0 Å². The number of benzene rings is 1. The van der Waals surface area contributed by atoms with Gasteiger partial charge in [0.15, 0.2) is 17.5 Å². The molecule has 0 radical (unpaired) electrons. The smallest absolute Gasteiger partial charge is 0.270 e. The van der Waals surface area contributed by atoms with Gasteiger partial charge in [-0.2, -0.15) is 0 Å². The van der Waals surface area contributed by atoms with Gasteiger partial charge in [0, 0.05) is 12.2 Å². The summed E-state index contributed by atoms with van der Waals surface area (Å²) < 4.78 is 40.0. The number of halogens is 3. The predicted molar refractivity (Wildman–Crippen MR) is 88.2 cm³/mol. The first kappa shape index (κ1) is 18.7. The molecule has 0 aliphatic carbocycles.